The van der Waals surface area contributed by atoms with Gasteiger partial charge in [0, 0.05) is 30.7 Å². The highest BCUT2D eigenvalue weighted by molar-refractivity contribution is 7.12. The lowest BCUT2D eigenvalue weighted by Crippen LogP contribution is -2.41. The molecule has 3 heterocycles. The van der Waals surface area contributed by atoms with Gasteiger partial charge in [0.25, 0.3) is 5.91 Å². The Hall–Kier alpha value is -3.26. The van der Waals surface area contributed by atoms with E-state index in [1.54, 1.807) is 36.5 Å². The highest BCUT2D eigenvalue weighted by Crippen LogP contribution is 2.23. The van der Waals surface area contributed by atoms with Crippen molar-refractivity contribution in [2.75, 3.05) is 28.6 Å². The van der Waals surface area contributed by atoms with E-state index in [1.807, 2.05) is 23.6 Å². The molecule has 0 radical (unpaired) electrons. The van der Waals surface area contributed by atoms with Gasteiger partial charge < -0.3 is 15.5 Å². The van der Waals surface area contributed by atoms with Crippen LogP contribution in [0.2, 0.25) is 0 Å². The largest absolute Gasteiger partial charge is 0.354 e. The van der Waals surface area contributed by atoms with E-state index in [1.165, 1.54) is 11.3 Å². The van der Waals surface area contributed by atoms with Gasteiger partial charge in [-0.1, -0.05) is 6.07 Å². The number of hydrogen-bond donors (Lipinski definition) is 2. The summed E-state index contributed by atoms with van der Waals surface area (Å²) in [5.74, 6) is 0.553. The molecule has 2 N–H and O–H groups in total. The molecule has 29 heavy (non-hydrogen) atoms. The number of amides is 2. The molecule has 8 heteroatoms. The second-order valence-electron chi connectivity index (χ2n) is 6.87. The van der Waals surface area contributed by atoms with Crippen LogP contribution < -0.4 is 15.5 Å². The topological polar surface area (TPSA) is 87.2 Å². The molecule has 2 amide bonds. The molecule has 1 unspecified atom stereocenters. The van der Waals surface area contributed by atoms with Crippen molar-refractivity contribution in [3.63, 3.8) is 0 Å². The first-order valence-electron chi connectivity index (χ1n) is 9.47. The molecule has 1 aliphatic rings. The minimum absolute atomic E-state index is 0.00559. The summed E-state index contributed by atoms with van der Waals surface area (Å²) in [5.41, 5.74) is 1.40. The predicted molar refractivity (Wildman–Crippen MR) is 114 cm³/mol. The number of carbonyl (C=O) groups is 2. The zero-order chi connectivity index (χ0) is 20.1. The third-order valence-electron chi connectivity index (χ3n) is 4.83. The normalized spacial score (nSPS) is 16.3. The molecule has 1 aliphatic heterocycles. The minimum atomic E-state index is -0.136. The van der Waals surface area contributed by atoms with Crippen LogP contribution in [0.3, 0.4) is 0 Å². The maximum absolute atomic E-state index is 12.7. The van der Waals surface area contributed by atoms with Crippen molar-refractivity contribution in [1.29, 1.82) is 0 Å². The first-order chi connectivity index (χ1) is 14.2. The molecule has 1 fully saturated rings. The van der Waals surface area contributed by atoms with Crippen molar-refractivity contribution in [1.82, 2.24) is 10.2 Å². The van der Waals surface area contributed by atoms with Crippen LogP contribution in [0, 0.1) is 5.92 Å². The number of thiophene rings is 1. The van der Waals surface area contributed by atoms with Crippen molar-refractivity contribution < 1.29 is 9.59 Å². The van der Waals surface area contributed by atoms with Crippen LogP contribution in [0.15, 0.2) is 60.1 Å². The number of carbonyl (C=O) groups excluding carboxylic acids is 2. The summed E-state index contributed by atoms with van der Waals surface area (Å²) < 4.78 is 0. The van der Waals surface area contributed by atoms with Crippen LogP contribution in [0.5, 0.6) is 0 Å². The van der Waals surface area contributed by atoms with Gasteiger partial charge in [-0.15, -0.1) is 16.4 Å². The van der Waals surface area contributed by atoms with E-state index < -0.39 is 0 Å². The summed E-state index contributed by atoms with van der Waals surface area (Å²) in [6.45, 7) is 1.50. The number of rotatable bonds is 5. The standard InChI is InChI=1S/C21H21N5O2S/c27-20(15-4-2-12-26(14-15)19-6-1-11-22-25-19)23-16-7-9-17(10-8-16)24-21(28)18-5-3-13-29-18/h1,3,5-11,13,15H,2,4,12,14H2,(H,23,27)(H,24,28). The predicted octanol–water partition coefficient (Wildman–Crippen LogP) is 3.65. The van der Waals surface area contributed by atoms with Gasteiger partial charge in [0.2, 0.25) is 5.91 Å². The fourth-order valence-corrected chi connectivity index (χ4v) is 3.96. The van der Waals surface area contributed by atoms with Gasteiger partial charge in [-0.3, -0.25) is 9.59 Å². The van der Waals surface area contributed by atoms with E-state index in [0.717, 1.165) is 25.2 Å². The Morgan fingerprint density at radius 3 is 2.52 bits per heavy atom. The van der Waals surface area contributed by atoms with Crippen molar-refractivity contribution in [2.24, 2.45) is 5.92 Å². The Labute approximate surface area is 172 Å². The summed E-state index contributed by atoms with van der Waals surface area (Å²) >= 11 is 1.39. The third kappa shape index (κ3) is 4.78. The Kier molecular flexibility index (Phi) is 5.81. The Bertz CT molecular complexity index is 961. The second-order valence-corrected chi connectivity index (χ2v) is 7.81. The van der Waals surface area contributed by atoms with Crippen LogP contribution in [-0.4, -0.2) is 35.1 Å². The molecule has 0 aliphatic carbocycles. The highest BCUT2D eigenvalue weighted by Gasteiger charge is 2.26. The average molecular weight is 407 g/mol. The van der Waals surface area contributed by atoms with Crippen molar-refractivity contribution in [3.05, 3.63) is 65.0 Å². The highest BCUT2D eigenvalue weighted by atomic mass is 32.1. The van der Waals surface area contributed by atoms with Gasteiger partial charge in [-0.2, -0.15) is 5.10 Å². The van der Waals surface area contributed by atoms with Crippen molar-refractivity contribution in [2.45, 2.75) is 12.8 Å². The monoisotopic (exact) mass is 407 g/mol. The molecule has 0 bridgehead atoms. The zero-order valence-electron chi connectivity index (χ0n) is 15.7. The summed E-state index contributed by atoms with van der Waals surface area (Å²) in [7, 11) is 0. The van der Waals surface area contributed by atoms with Gasteiger partial charge in [-0.05, 0) is 60.7 Å². The zero-order valence-corrected chi connectivity index (χ0v) is 16.6. The number of piperidine rings is 1. The van der Waals surface area contributed by atoms with Crippen molar-refractivity contribution >= 4 is 40.3 Å². The van der Waals surface area contributed by atoms with Crippen molar-refractivity contribution in [3.8, 4) is 0 Å². The smallest absolute Gasteiger partial charge is 0.265 e. The lowest BCUT2D eigenvalue weighted by atomic mass is 9.97. The quantitative estimate of drug-likeness (QED) is 0.674. The second kappa shape index (κ2) is 8.83. The first-order valence-corrected chi connectivity index (χ1v) is 10.4. The van der Waals surface area contributed by atoms with Gasteiger partial charge >= 0.3 is 0 Å². The number of aromatic nitrogens is 2. The summed E-state index contributed by atoms with van der Waals surface area (Å²) in [5, 5.41) is 15.8. The van der Waals surface area contributed by atoms with Crippen LogP contribution >= 0.6 is 11.3 Å². The molecule has 1 atom stereocenters. The lowest BCUT2D eigenvalue weighted by Gasteiger charge is -2.32. The van der Waals surface area contributed by atoms with E-state index in [4.69, 9.17) is 0 Å². The minimum Gasteiger partial charge on any atom is -0.354 e. The number of benzene rings is 1. The van der Waals surface area contributed by atoms with Gasteiger partial charge in [0.05, 0.1) is 10.8 Å². The molecule has 1 saturated heterocycles. The van der Waals surface area contributed by atoms with Crippen LogP contribution in [0.25, 0.3) is 0 Å². The summed E-state index contributed by atoms with van der Waals surface area (Å²) in [4.78, 5) is 27.6. The van der Waals surface area contributed by atoms with Gasteiger partial charge in [0.1, 0.15) is 0 Å². The Morgan fingerprint density at radius 1 is 1.03 bits per heavy atom. The molecule has 1 aromatic carbocycles. The van der Waals surface area contributed by atoms with Gasteiger partial charge in [-0.25, -0.2) is 0 Å². The molecule has 0 spiro atoms. The average Bonchev–Trinajstić information content (AvgIpc) is 3.31. The molecular formula is C21H21N5O2S. The van der Waals surface area contributed by atoms with Crippen LogP contribution in [0.4, 0.5) is 17.2 Å². The first kappa shape index (κ1) is 19.1. The van der Waals surface area contributed by atoms with Crippen LogP contribution in [-0.2, 0) is 4.79 Å². The van der Waals surface area contributed by atoms with E-state index in [9.17, 15) is 9.59 Å². The Morgan fingerprint density at radius 2 is 1.83 bits per heavy atom. The van der Waals surface area contributed by atoms with E-state index in [-0.39, 0.29) is 17.7 Å². The number of anilines is 3. The lowest BCUT2D eigenvalue weighted by molar-refractivity contribution is -0.120. The fourth-order valence-electron chi connectivity index (χ4n) is 3.34. The molecular weight excluding hydrogens is 386 g/mol. The molecule has 148 valence electrons. The third-order valence-corrected chi connectivity index (χ3v) is 5.70. The molecule has 7 nitrogen and oxygen atoms in total. The maximum atomic E-state index is 12.7. The maximum Gasteiger partial charge on any atom is 0.265 e. The van der Waals surface area contributed by atoms with Gasteiger partial charge in [0.15, 0.2) is 5.82 Å². The summed E-state index contributed by atoms with van der Waals surface area (Å²) in [6.07, 6.45) is 3.42. The molecule has 0 saturated carbocycles. The number of nitrogens with zero attached hydrogens (tertiary/aromatic N) is 3. The SMILES string of the molecule is O=C(Nc1ccc(NC(=O)C2CCCN(c3cccnn3)C2)cc1)c1cccs1. The van der Waals surface area contributed by atoms with E-state index in [2.05, 4.69) is 25.7 Å². The number of hydrogen-bond acceptors (Lipinski definition) is 6. The Balaban J connectivity index is 1.34. The molecule has 3 aromatic rings. The van der Waals surface area contributed by atoms with E-state index >= 15 is 0 Å². The summed E-state index contributed by atoms with van der Waals surface area (Å²) in [6, 6.07) is 14.6. The fraction of sp³-hybridized carbons (Fsp3) is 0.238. The molecule has 4 rings (SSSR count). The van der Waals surface area contributed by atoms with E-state index in [0.29, 0.717) is 22.8 Å². The molecule has 2 aromatic heterocycles. The number of nitrogens with one attached hydrogen (secondary N) is 2. The van der Waals surface area contributed by atoms with Crippen LogP contribution in [0.1, 0.15) is 22.5 Å².